The SMILES string of the molecule is CCOc1ccc(Nc2ncnc(NNC(=O)c3ccccc3Cl)c2[N+](=O)[O-])cc1. The van der Waals surface area contributed by atoms with Gasteiger partial charge in [0.15, 0.2) is 0 Å². The summed E-state index contributed by atoms with van der Waals surface area (Å²) in [5.41, 5.74) is 5.14. The minimum Gasteiger partial charge on any atom is -0.494 e. The largest absolute Gasteiger partial charge is 0.494 e. The Morgan fingerprint density at radius 3 is 2.50 bits per heavy atom. The summed E-state index contributed by atoms with van der Waals surface area (Å²) in [4.78, 5) is 31.1. The second-order valence-electron chi connectivity index (χ2n) is 5.82. The van der Waals surface area contributed by atoms with Gasteiger partial charge >= 0.3 is 5.69 Å². The maximum absolute atomic E-state index is 12.3. The van der Waals surface area contributed by atoms with Gasteiger partial charge in [-0.2, -0.15) is 0 Å². The lowest BCUT2D eigenvalue weighted by Crippen LogP contribution is -2.30. The van der Waals surface area contributed by atoms with Crippen molar-refractivity contribution in [3.63, 3.8) is 0 Å². The van der Waals surface area contributed by atoms with E-state index in [4.69, 9.17) is 16.3 Å². The third-order valence-corrected chi connectivity index (χ3v) is 4.18. The lowest BCUT2D eigenvalue weighted by Gasteiger charge is -2.11. The molecule has 3 aromatic rings. The molecule has 0 aliphatic rings. The maximum Gasteiger partial charge on any atom is 0.355 e. The molecule has 3 N–H and O–H groups in total. The van der Waals surface area contributed by atoms with E-state index in [0.717, 1.165) is 6.33 Å². The van der Waals surface area contributed by atoms with Crippen LogP contribution in [-0.4, -0.2) is 27.4 Å². The summed E-state index contributed by atoms with van der Waals surface area (Å²) >= 11 is 5.99. The zero-order chi connectivity index (χ0) is 21.5. The van der Waals surface area contributed by atoms with Crippen LogP contribution in [0, 0.1) is 10.1 Å². The fraction of sp³-hybridized carbons (Fsp3) is 0.105. The zero-order valence-corrected chi connectivity index (χ0v) is 16.5. The van der Waals surface area contributed by atoms with Crippen molar-refractivity contribution in [2.75, 3.05) is 17.3 Å². The quantitative estimate of drug-likeness (QED) is 0.363. The van der Waals surface area contributed by atoms with Crippen LogP contribution in [0.2, 0.25) is 5.02 Å². The van der Waals surface area contributed by atoms with Crippen LogP contribution in [0.4, 0.5) is 23.0 Å². The minimum atomic E-state index is -0.652. The van der Waals surface area contributed by atoms with Gasteiger partial charge in [-0.1, -0.05) is 23.7 Å². The van der Waals surface area contributed by atoms with Crippen LogP contribution in [-0.2, 0) is 0 Å². The van der Waals surface area contributed by atoms with E-state index < -0.39 is 16.5 Å². The number of benzene rings is 2. The molecule has 10 nitrogen and oxygen atoms in total. The van der Waals surface area contributed by atoms with Gasteiger partial charge < -0.3 is 10.1 Å². The van der Waals surface area contributed by atoms with E-state index in [2.05, 4.69) is 26.1 Å². The molecule has 0 bridgehead atoms. The summed E-state index contributed by atoms with van der Waals surface area (Å²) in [5.74, 6) is -0.142. The van der Waals surface area contributed by atoms with Crippen LogP contribution >= 0.6 is 11.6 Å². The van der Waals surface area contributed by atoms with Crippen molar-refractivity contribution in [2.24, 2.45) is 0 Å². The molecule has 0 spiro atoms. The summed E-state index contributed by atoms with van der Waals surface area (Å²) in [6, 6.07) is 13.2. The Balaban J connectivity index is 1.80. The lowest BCUT2D eigenvalue weighted by atomic mass is 10.2. The monoisotopic (exact) mass is 428 g/mol. The average Bonchev–Trinajstić information content (AvgIpc) is 2.74. The molecule has 154 valence electrons. The Morgan fingerprint density at radius 1 is 1.13 bits per heavy atom. The maximum atomic E-state index is 12.3. The molecule has 11 heteroatoms. The number of rotatable bonds is 8. The summed E-state index contributed by atoms with van der Waals surface area (Å²) in [6.07, 6.45) is 1.13. The van der Waals surface area contributed by atoms with Gasteiger partial charge in [-0.25, -0.2) is 9.97 Å². The van der Waals surface area contributed by atoms with Crippen molar-refractivity contribution in [1.82, 2.24) is 15.4 Å². The van der Waals surface area contributed by atoms with E-state index in [9.17, 15) is 14.9 Å². The predicted molar refractivity (Wildman–Crippen MR) is 112 cm³/mol. The molecule has 2 aromatic carbocycles. The van der Waals surface area contributed by atoms with Gasteiger partial charge in [-0.05, 0) is 43.3 Å². The first-order valence-electron chi connectivity index (χ1n) is 8.79. The van der Waals surface area contributed by atoms with E-state index in [1.165, 1.54) is 6.07 Å². The molecule has 0 aliphatic heterocycles. The van der Waals surface area contributed by atoms with Gasteiger partial charge in [-0.15, -0.1) is 0 Å². The highest BCUT2D eigenvalue weighted by Crippen LogP contribution is 2.31. The van der Waals surface area contributed by atoms with E-state index >= 15 is 0 Å². The Hall–Kier alpha value is -3.92. The number of carbonyl (C=O) groups is 1. The smallest absolute Gasteiger partial charge is 0.355 e. The van der Waals surface area contributed by atoms with E-state index in [0.29, 0.717) is 18.0 Å². The number of nitrogens with one attached hydrogen (secondary N) is 3. The Kier molecular flexibility index (Phi) is 6.60. The predicted octanol–water partition coefficient (Wildman–Crippen LogP) is 3.94. The highest BCUT2D eigenvalue weighted by atomic mass is 35.5. The molecule has 30 heavy (non-hydrogen) atoms. The van der Waals surface area contributed by atoms with Crippen LogP contribution in [0.25, 0.3) is 0 Å². The Morgan fingerprint density at radius 2 is 1.83 bits per heavy atom. The Labute approximate surface area is 176 Å². The van der Waals surface area contributed by atoms with Crippen molar-refractivity contribution in [1.29, 1.82) is 0 Å². The molecule has 3 rings (SSSR count). The number of hydrazine groups is 1. The number of halogens is 1. The topological polar surface area (TPSA) is 131 Å². The number of ether oxygens (including phenoxy) is 1. The summed E-state index contributed by atoms with van der Waals surface area (Å²) in [5, 5.41) is 14.7. The van der Waals surface area contributed by atoms with Gasteiger partial charge in [0.2, 0.25) is 11.6 Å². The molecule has 0 fully saturated rings. The molecule has 0 radical (unpaired) electrons. The molecule has 0 aliphatic carbocycles. The second kappa shape index (κ2) is 9.52. The van der Waals surface area contributed by atoms with Crippen LogP contribution in [0.5, 0.6) is 5.75 Å². The summed E-state index contributed by atoms with van der Waals surface area (Å²) in [6.45, 7) is 2.40. The van der Waals surface area contributed by atoms with Crippen molar-refractivity contribution < 1.29 is 14.5 Å². The number of anilines is 3. The van der Waals surface area contributed by atoms with Crippen LogP contribution < -0.4 is 20.9 Å². The zero-order valence-electron chi connectivity index (χ0n) is 15.8. The molecule has 0 saturated carbocycles. The standard InChI is InChI=1S/C19H17ClN6O4/c1-2-30-13-9-7-12(8-10-13)23-17-16(26(28)29)18(22-11-21-17)24-25-19(27)14-5-3-4-6-15(14)20/h3-11H,2H2,1H3,(H,25,27)(H2,21,22,23,24). The minimum absolute atomic E-state index is 0.0475. The van der Waals surface area contributed by atoms with Crippen molar-refractivity contribution in [2.45, 2.75) is 6.92 Å². The third kappa shape index (κ3) is 4.92. The third-order valence-electron chi connectivity index (χ3n) is 3.85. The second-order valence-corrected chi connectivity index (χ2v) is 6.23. The van der Waals surface area contributed by atoms with Gasteiger partial charge in [0.05, 0.1) is 22.1 Å². The molecule has 0 unspecified atom stereocenters. The number of hydrogen-bond donors (Lipinski definition) is 3. The molecule has 1 aromatic heterocycles. The normalized spacial score (nSPS) is 10.2. The van der Waals surface area contributed by atoms with Crippen LogP contribution in [0.1, 0.15) is 17.3 Å². The number of nitrogens with zero attached hydrogens (tertiary/aromatic N) is 3. The average molecular weight is 429 g/mol. The van der Waals surface area contributed by atoms with Gasteiger partial charge in [0, 0.05) is 5.69 Å². The molecular formula is C19H17ClN6O4. The molecule has 1 amide bonds. The van der Waals surface area contributed by atoms with E-state index in [1.807, 2.05) is 6.92 Å². The number of hydrogen-bond acceptors (Lipinski definition) is 8. The van der Waals surface area contributed by atoms with Gasteiger partial charge in [0.1, 0.15) is 12.1 Å². The number of amides is 1. The first-order valence-corrected chi connectivity index (χ1v) is 9.17. The van der Waals surface area contributed by atoms with Gasteiger partial charge in [-0.3, -0.25) is 25.8 Å². The first-order chi connectivity index (χ1) is 14.5. The van der Waals surface area contributed by atoms with Crippen molar-refractivity contribution in [3.05, 3.63) is 75.6 Å². The summed E-state index contributed by atoms with van der Waals surface area (Å²) in [7, 11) is 0. The van der Waals surface area contributed by atoms with E-state index in [-0.39, 0.29) is 22.2 Å². The lowest BCUT2D eigenvalue weighted by molar-refractivity contribution is -0.383. The fourth-order valence-corrected chi connectivity index (χ4v) is 2.72. The molecular weight excluding hydrogens is 412 g/mol. The van der Waals surface area contributed by atoms with Crippen LogP contribution in [0.3, 0.4) is 0 Å². The van der Waals surface area contributed by atoms with Gasteiger partial charge in [0.25, 0.3) is 5.91 Å². The highest BCUT2D eigenvalue weighted by Gasteiger charge is 2.24. The number of aromatic nitrogens is 2. The number of carbonyl (C=O) groups excluding carboxylic acids is 1. The first kappa shape index (κ1) is 20.8. The highest BCUT2D eigenvalue weighted by molar-refractivity contribution is 6.33. The van der Waals surface area contributed by atoms with Crippen molar-refractivity contribution in [3.8, 4) is 5.75 Å². The molecule has 1 heterocycles. The molecule has 0 atom stereocenters. The number of nitro groups is 1. The Bertz CT molecular complexity index is 1060. The molecule has 0 saturated heterocycles. The fourth-order valence-electron chi connectivity index (χ4n) is 2.50. The van der Waals surface area contributed by atoms with Crippen molar-refractivity contribution >= 4 is 40.5 Å². The summed E-state index contributed by atoms with van der Waals surface area (Å²) < 4.78 is 5.37. The van der Waals surface area contributed by atoms with E-state index in [1.54, 1.807) is 42.5 Å². The van der Waals surface area contributed by atoms with Crippen LogP contribution in [0.15, 0.2) is 54.9 Å².